The largest absolute Gasteiger partial charge is 0.383 e. The maximum Gasteiger partial charge on any atom is 0.254 e. The predicted molar refractivity (Wildman–Crippen MR) is 69.6 cm³/mol. The van der Waals surface area contributed by atoms with Crippen LogP contribution in [0, 0.1) is 0 Å². The summed E-state index contributed by atoms with van der Waals surface area (Å²) in [5.74, 6) is -0.0433. The minimum absolute atomic E-state index is 0.150. The number of hydrogen-bond donors (Lipinski definition) is 2. The number of rotatable bonds is 2. The molecule has 3 rings (SSSR count). The van der Waals surface area contributed by atoms with Crippen molar-refractivity contribution in [1.82, 2.24) is 19.7 Å². The van der Waals surface area contributed by atoms with Gasteiger partial charge in [0.2, 0.25) is 0 Å². The molecule has 2 heterocycles. The van der Waals surface area contributed by atoms with E-state index in [4.69, 9.17) is 11.5 Å². The summed E-state index contributed by atoms with van der Waals surface area (Å²) in [7, 11) is 0. The third-order valence-electron chi connectivity index (χ3n) is 2.72. The maximum atomic E-state index is 11.1. The van der Waals surface area contributed by atoms with Gasteiger partial charge in [-0.1, -0.05) is 12.1 Å². The number of carbonyl (C=O) groups excluding carboxylic acids is 1. The van der Waals surface area contributed by atoms with Gasteiger partial charge in [0.1, 0.15) is 11.4 Å². The predicted octanol–water partition coefficient (Wildman–Crippen LogP) is 0.497. The van der Waals surface area contributed by atoms with Crippen LogP contribution in [0.2, 0.25) is 0 Å². The number of fused-ring (bicyclic) bond motifs is 1. The van der Waals surface area contributed by atoms with Crippen molar-refractivity contribution in [3.63, 3.8) is 0 Å². The molecule has 0 aliphatic carbocycles. The molecule has 1 amide bonds. The maximum absolute atomic E-state index is 11.1. The lowest BCUT2D eigenvalue weighted by molar-refractivity contribution is 0.100. The summed E-state index contributed by atoms with van der Waals surface area (Å²) in [6.45, 7) is 0. The average molecular weight is 254 g/mol. The molecule has 0 saturated heterocycles. The smallest absolute Gasteiger partial charge is 0.254 e. The number of anilines is 1. The zero-order chi connectivity index (χ0) is 13.4. The van der Waals surface area contributed by atoms with Gasteiger partial charge in [0.25, 0.3) is 5.91 Å². The molecule has 0 aliphatic rings. The van der Waals surface area contributed by atoms with Gasteiger partial charge in [-0.3, -0.25) is 9.78 Å². The first-order valence-electron chi connectivity index (χ1n) is 5.52. The highest BCUT2D eigenvalue weighted by molar-refractivity contribution is 5.97. The molecule has 0 atom stereocenters. The van der Waals surface area contributed by atoms with E-state index in [9.17, 15) is 4.79 Å². The van der Waals surface area contributed by atoms with Crippen molar-refractivity contribution in [2.45, 2.75) is 0 Å². The normalized spacial score (nSPS) is 10.7. The van der Waals surface area contributed by atoms with Crippen LogP contribution in [0.1, 0.15) is 10.4 Å². The van der Waals surface area contributed by atoms with Gasteiger partial charge in [-0.25, -0.2) is 4.98 Å². The van der Waals surface area contributed by atoms with Crippen LogP contribution >= 0.6 is 0 Å². The number of primary amides is 1. The number of benzene rings is 1. The van der Waals surface area contributed by atoms with E-state index in [1.165, 1.54) is 17.1 Å². The molecule has 0 radical (unpaired) electrons. The lowest BCUT2D eigenvalue weighted by atomic mass is 10.3. The van der Waals surface area contributed by atoms with Gasteiger partial charge in [0.15, 0.2) is 5.82 Å². The molecule has 7 nitrogen and oxygen atoms in total. The first-order chi connectivity index (χ1) is 9.16. The topological polar surface area (TPSA) is 113 Å². The van der Waals surface area contributed by atoms with E-state index >= 15 is 0 Å². The number of hydrogen-bond acceptors (Lipinski definition) is 5. The number of amides is 1. The molecule has 0 fully saturated rings. The van der Waals surface area contributed by atoms with Crippen LogP contribution in [0.5, 0.6) is 0 Å². The summed E-state index contributed by atoms with van der Waals surface area (Å²) < 4.78 is 1.33. The fraction of sp³-hybridized carbons (Fsp3) is 0. The Labute approximate surface area is 107 Å². The lowest BCUT2D eigenvalue weighted by Gasteiger charge is -2.04. The van der Waals surface area contributed by atoms with Crippen molar-refractivity contribution < 1.29 is 4.79 Å². The molecule has 19 heavy (non-hydrogen) atoms. The van der Waals surface area contributed by atoms with Crippen LogP contribution in [0.15, 0.2) is 36.7 Å². The van der Waals surface area contributed by atoms with Crippen molar-refractivity contribution in [3.05, 3.63) is 42.2 Å². The molecular weight excluding hydrogens is 244 g/mol. The molecule has 7 heteroatoms. The molecule has 1 aromatic carbocycles. The second kappa shape index (κ2) is 4.05. The quantitative estimate of drug-likeness (QED) is 0.691. The fourth-order valence-corrected chi connectivity index (χ4v) is 1.78. The summed E-state index contributed by atoms with van der Waals surface area (Å²) in [5.41, 5.74) is 12.7. The van der Waals surface area contributed by atoms with E-state index in [-0.39, 0.29) is 11.4 Å². The number of carbonyl (C=O) groups is 1. The molecule has 2 aromatic heterocycles. The Morgan fingerprint density at radius 3 is 2.58 bits per heavy atom. The minimum Gasteiger partial charge on any atom is -0.383 e. The Kier molecular flexibility index (Phi) is 2.38. The van der Waals surface area contributed by atoms with Gasteiger partial charge >= 0.3 is 0 Å². The minimum atomic E-state index is -0.627. The second-order valence-corrected chi connectivity index (χ2v) is 3.94. The van der Waals surface area contributed by atoms with Crippen molar-refractivity contribution in [3.8, 4) is 5.82 Å². The van der Waals surface area contributed by atoms with Crippen LogP contribution in [0.25, 0.3) is 16.9 Å². The van der Waals surface area contributed by atoms with Gasteiger partial charge in [-0.05, 0) is 12.1 Å². The average Bonchev–Trinajstić information content (AvgIpc) is 2.80. The molecule has 0 unspecified atom stereocenters. The third-order valence-corrected chi connectivity index (χ3v) is 2.72. The van der Waals surface area contributed by atoms with Crippen molar-refractivity contribution in [2.75, 3.05) is 5.73 Å². The molecule has 0 spiro atoms. The zero-order valence-electron chi connectivity index (χ0n) is 9.82. The number of nitrogen functional groups attached to an aromatic ring is 1. The summed E-state index contributed by atoms with van der Waals surface area (Å²) in [4.78, 5) is 19.8. The number of aromatic nitrogens is 4. The number of para-hydroxylation sites is 2. The van der Waals surface area contributed by atoms with Crippen LogP contribution in [-0.4, -0.2) is 25.7 Å². The van der Waals surface area contributed by atoms with Gasteiger partial charge in [0.05, 0.1) is 23.4 Å². The standard InChI is InChI=1S/C12H10N6O/c13-11-7(12(14)19)5-16-18(11)10-6-15-8-3-1-2-4-9(8)17-10/h1-6H,13H2,(H2,14,19). The van der Waals surface area contributed by atoms with Gasteiger partial charge in [0, 0.05) is 0 Å². The van der Waals surface area contributed by atoms with Crippen LogP contribution < -0.4 is 11.5 Å². The lowest BCUT2D eigenvalue weighted by Crippen LogP contribution is -2.13. The summed E-state index contributed by atoms with van der Waals surface area (Å²) >= 11 is 0. The van der Waals surface area contributed by atoms with Crippen molar-refractivity contribution in [2.24, 2.45) is 5.73 Å². The Morgan fingerprint density at radius 2 is 1.89 bits per heavy atom. The first-order valence-corrected chi connectivity index (χ1v) is 5.52. The Balaban J connectivity index is 2.16. The third kappa shape index (κ3) is 1.77. The van der Waals surface area contributed by atoms with Crippen LogP contribution in [0.4, 0.5) is 5.82 Å². The van der Waals surface area contributed by atoms with Gasteiger partial charge in [-0.2, -0.15) is 9.78 Å². The van der Waals surface area contributed by atoms with Crippen molar-refractivity contribution in [1.29, 1.82) is 0 Å². The first kappa shape index (κ1) is 11.1. The summed E-state index contributed by atoms with van der Waals surface area (Å²) in [5, 5.41) is 4.00. The number of nitrogens with two attached hydrogens (primary N) is 2. The molecule has 0 aliphatic heterocycles. The fourth-order valence-electron chi connectivity index (χ4n) is 1.78. The Bertz CT molecular complexity index is 779. The van der Waals surface area contributed by atoms with Gasteiger partial charge < -0.3 is 11.5 Å². The van der Waals surface area contributed by atoms with E-state index in [0.717, 1.165) is 11.0 Å². The molecule has 0 saturated carbocycles. The zero-order valence-corrected chi connectivity index (χ0v) is 9.82. The second-order valence-electron chi connectivity index (χ2n) is 3.94. The molecule has 4 N–H and O–H groups in total. The van der Waals surface area contributed by atoms with E-state index in [2.05, 4.69) is 15.1 Å². The van der Waals surface area contributed by atoms with E-state index in [1.807, 2.05) is 24.3 Å². The van der Waals surface area contributed by atoms with E-state index in [0.29, 0.717) is 5.82 Å². The molecule has 94 valence electrons. The van der Waals surface area contributed by atoms with Crippen LogP contribution in [-0.2, 0) is 0 Å². The van der Waals surface area contributed by atoms with Crippen LogP contribution in [0.3, 0.4) is 0 Å². The SMILES string of the molecule is NC(=O)c1cnn(-c2cnc3ccccc3n2)c1N. The number of nitrogens with zero attached hydrogens (tertiary/aromatic N) is 4. The highest BCUT2D eigenvalue weighted by Gasteiger charge is 2.14. The molecule has 3 aromatic rings. The highest BCUT2D eigenvalue weighted by atomic mass is 16.1. The van der Waals surface area contributed by atoms with Crippen molar-refractivity contribution >= 4 is 22.8 Å². The van der Waals surface area contributed by atoms with E-state index < -0.39 is 5.91 Å². The van der Waals surface area contributed by atoms with E-state index in [1.54, 1.807) is 0 Å². The molecular formula is C12H10N6O. The Morgan fingerprint density at radius 1 is 1.16 bits per heavy atom. The molecule has 0 bridgehead atoms. The summed E-state index contributed by atoms with van der Waals surface area (Å²) in [6, 6.07) is 7.43. The van der Waals surface area contributed by atoms with Gasteiger partial charge in [-0.15, -0.1) is 0 Å². The Hall–Kier alpha value is -2.96. The monoisotopic (exact) mass is 254 g/mol. The summed E-state index contributed by atoms with van der Waals surface area (Å²) in [6.07, 6.45) is 2.85. The highest BCUT2D eigenvalue weighted by Crippen LogP contribution is 2.16.